The Kier molecular flexibility index (Phi) is 3.65. The quantitative estimate of drug-likeness (QED) is 0.866. The number of hydrogen-bond donors (Lipinski definition) is 2. The fraction of sp³-hybridized carbons (Fsp3) is 0.364. The van der Waals surface area contributed by atoms with Gasteiger partial charge in [0, 0.05) is 17.9 Å². The van der Waals surface area contributed by atoms with Crippen molar-refractivity contribution < 1.29 is 5.11 Å². The number of aliphatic hydroxyl groups excluding tert-OH is 1. The smallest absolute Gasteiger partial charge is 0.187 e. The summed E-state index contributed by atoms with van der Waals surface area (Å²) in [6, 6.07) is 0. The summed E-state index contributed by atoms with van der Waals surface area (Å²) in [5.41, 5.74) is 1.78. The molecule has 2 heterocycles. The molecule has 2 N–H and O–H groups in total. The van der Waals surface area contributed by atoms with E-state index in [4.69, 9.17) is 5.11 Å². The van der Waals surface area contributed by atoms with Crippen LogP contribution in [0.15, 0.2) is 12.4 Å². The van der Waals surface area contributed by atoms with Gasteiger partial charge in [0.15, 0.2) is 5.13 Å². The molecule has 0 fully saturated rings. The van der Waals surface area contributed by atoms with E-state index in [2.05, 4.69) is 20.3 Å². The number of aromatic nitrogens is 3. The van der Waals surface area contributed by atoms with Crippen LogP contribution in [0.2, 0.25) is 0 Å². The monoisotopic (exact) mass is 250 g/mol. The summed E-state index contributed by atoms with van der Waals surface area (Å²) in [6.45, 7) is 3.94. The van der Waals surface area contributed by atoms with Crippen LogP contribution in [0.4, 0.5) is 10.8 Å². The predicted molar refractivity (Wildman–Crippen MR) is 67.7 cm³/mol. The number of nitrogens with zero attached hydrogens (tertiary/aromatic N) is 3. The summed E-state index contributed by atoms with van der Waals surface area (Å²) in [5, 5.41) is 12.9. The summed E-state index contributed by atoms with van der Waals surface area (Å²) >= 11 is 1.55. The first-order chi connectivity index (χ1) is 8.19. The number of nitrogens with one attached hydrogen (secondary N) is 1. The highest BCUT2D eigenvalue weighted by molar-refractivity contribution is 7.15. The lowest BCUT2D eigenvalue weighted by Crippen LogP contribution is -1.93. The van der Waals surface area contributed by atoms with Gasteiger partial charge in [-0.2, -0.15) is 0 Å². The van der Waals surface area contributed by atoms with E-state index in [0.29, 0.717) is 6.42 Å². The molecule has 0 aromatic carbocycles. The second-order valence-electron chi connectivity index (χ2n) is 3.65. The third-order valence-electron chi connectivity index (χ3n) is 2.26. The third kappa shape index (κ3) is 2.98. The van der Waals surface area contributed by atoms with Crippen molar-refractivity contribution >= 4 is 22.2 Å². The van der Waals surface area contributed by atoms with Crippen LogP contribution in [0, 0.1) is 13.8 Å². The van der Waals surface area contributed by atoms with Gasteiger partial charge in [-0.3, -0.25) is 0 Å². The number of hydrogen-bond acceptors (Lipinski definition) is 6. The molecule has 0 aliphatic heterocycles. The molecule has 2 aromatic heterocycles. The average molecular weight is 250 g/mol. The van der Waals surface area contributed by atoms with Crippen LogP contribution >= 0.6 is 11.3 Å². The molecule has 6 heteroatoms. The second-order valence-corrected chi connectivity index (χ2v) is 4.73. The van der Waals surface area contributed by atoms with Gasteiger partial charge in [0.2, 0.25) is 0 Å². The van der Waals surface area contributed by atoms with Gasteiger partial charge in [-0.1, -0.05) is 0 Å². The molecule has 0 unspecified atom stereocenters. The van der Waals surface area contributed by atoms with Crippen LogP contribution in [0.3, 0.4) is 0 Å². The molecule has 0 saturated heterocycles. The Hall–Kier alpha value is -1.53. The Morgan fingerprint density at radius 1 is 1.29 bits per heavy atom. The molecule has 2 aromatic rings. The Morgan fingerprint density at radius 3 is 2.65 bits per heavy atom. The Balaban J connectivity index is 2.13. The number of anilines is 2. The highest BCUT2D eigenvalue weighted by Crippen LogP contribution is 2.25. The average Bonchev–Trinajstić information content (AvgIpc) is 2.63. The van der Waals surface area contributed by atoms with Gasteiger partial charge in [0.1, 0.15) is 5.82 Å². The van der Waals surface area contributed by atoms with Crippen molar-refractivity contribution in [2.75, 3.05) is 11.9 Å². The molecule has 0 amide bonds. The van der Waals surface area contributed by atoms with Crippen molar-refractivity contribution in [3.05, 3.63) is 28.8 Å². The number of aliphatic hydroxyl groups is 1. The van der Waals surface area contributed by atoms with Crippen LogP contribution in [0.25, 0.3) is 0 Å². The minimum Gasteiger partial charge on any atom is -0.396 e. The summed E-state index contributed by atoms with van der Waals surface area (Å²) in [5.74, 6) is 0.742. The lowest BCUT2D eigenvalue weighted by molar-refractivity contribution is 0.300. The van der Waals surface area contributed by atoms with Crippen molar-refractivity contribution in [2.45, 2.75) is 20.3 Å². The summed E-state index contributed by atoms with van der Waals surface area (Å²) in [6.07, 6.45) is 4.10. The minimum atomic E-state index is 0.149. The SMILES string of the molecule is Cc1ncc(Nc2nc(C)c(CCO)s2)cn1. The number of aryl methyl sites for hydroxylation is 2. The maximum atomic E-state index is 8.91. The molecular weight excluding hydrogens is 236 g/mol. The summed E-state index contributed by atoms with van der Waals surface area (Å²) < 4.78 is 0. The van der Waals surface area contributed by atoms with Crippen molar-refractivity contribution in [3.8, 4) is 0 Å². The molecule has 2 rings (SSSR count). The zero-order valence-electron chi connectivity index (χ0n) is 9.77. The first kappa shape index (κ1) is 11.9. The standard InChI is InChI=1S/C11H14N4OS/c1-7-10(3-4-16)17-11(14-7)15-9-5-12-8(2)13-6-9/h5-6,16H,3-4H2,1-2H3,(H,14,15). The fourth-order valence-electron chi connectivity index (χ4n) is 1.40. The van der Waals surface area contributed by atoms with E-state index in [1.165, 1.54) is 0 Å². The van der Waals surface area contributed by atoms with Gasteiger partial charge in [0.05, 0.1) is 23.8 Å². The number of thiazole rings is 1. The Morgan fingerprint density at radius 2 is 2.00 bits per heavy atom. The van der Waals surface area contributed by atoms with E-state index >= 15 is 0 Å². The van der Waals surface area contributed by atoms with Crippen LogP contribution in [-0.2, 0) is 6.42 Å². The molecule has 0 spiro atoms. The Bertz CT molecular complexity index is 495. The lowest BCUT2D eigenvalue weighted by Gasteiger charge is -2.00. The molecule has 0 bridgehead atoms. The van der Waals surface area contributed by atoms with Crippen molar-refractivity contribution in [1.29, 1.82) is 0 Å². The largest absolute Gasteiger partial charge is 0.396 e. The summed E-state index contributed by atoms with van der Waals surface area (Å²) in [4.78, 5) is 13.7. The second kappa shape index (κ2) is 5.20. The van der Waals surface area contributed by atoms with E-state index in [1.807, 2.05) is 13.8 Å². The van der Waals surface area contributed by atoms with Gasteiger partial charge in [-0.15, -0.1) is 11.3 Å². The summed E-state index contributed by atoms with van der Waals surface area (Å²) in [7, 11) is 0. The minimum absolute atomic E-state index is 0.149. The zero-order valence-corrected chi connectivity index (χ0v) is 10.6. The maximum Gasteiger partial charge on any atom is 0.187 e. The third-order valence-corrected chi connectivity index (χ3v) is 3.40. The zero-order chi connectivity index (χ0) is 12.3. The maximum absolute atomic E-state index is 8.91. The first-order valence-corrected chi connectivity index (χ1v) is 6.13. The molecule has 0 saturated carbocycles. The molecule has 0 radical (unpaired) electrons. The lowest BCUT2D eigenvalue weighted by atomic mass is 10.3. The molecule has 0 aliphatic carbocycles. The van der Waals surface area contributed by atoms with E-state index in [1.54, 1.807) is 23.7 Å². The van der Waals surface area contributed by atoms with Crippen molar-refractivity contribution in [2.24, 2.45) is 0 Å². The van der Waals surface area contributed by atoms with Crippen LogP contribution in [0.1, 0.15) is 16.4 Å². The van der Waals surface area contributed by atoms with Gasteiger partial charge in [-0.25, -0.2) is 15.0 Å². The van der Waals surface area contributed by atoms with Gasteiger partial charge < -0.3 is 10.4 Å². The van der Waals surface area contributed by atoms with Crippen molar-refractivity contribution in [1.82, 2.24) is 15.0 Å². The van der Waals surface area contributed by atoms with Gasteiger partial charge in [-0.05, 0) is 13.8 Å². The van der Waals surface area contributed by atoms with Crippen LogP contribution < -0.4 is 5.32 Å². The molecule has 17 heavy (non-hydrogen) atoms. The highest BCUT2D eigenvalue weighted by Gasteiger charge is 2.07. The molecule has 0 aliphatic rings. The molecule has 5 nitrogen and oxygen atoms in total. The van der Waals surface area contributed by atoms with Crippen LogP contribution in [0.5, 0.6) is 0 Å². The van der Waals surface area contributed by atoms with Gasteiger partial charge in [0.25, 0.3) is 0 Å². The molecule has 0 atom stereocenters. The topological polar surface area (TPSA) is 70.9 Å². The Labute approximate surface area is 104 Å². The predicted octanol–water partition coefficient (Wildman–Crippen LogP) is 1.83. The number of rotatable bonds is 4. The highest BCUT2D eigenvalue weighted by atomic mass is 32.1. The van der Waals surface area contributed by atoms with E-state index in [-0.39, 0.29) is 6.61 Å². The van der Waals surface area contributed by atoms with Crippen molar-refractivity contribution in [3.63, 3.8) is 0 Å². The molecular formula is C11H14N4OS. The van der Waals surface area contributed by atoms with E-state index < -0.39 is 0 Å². The van der Waals surface area contributed by atoms with E-state index in [9.17, 15) is 0 Å². The first-order valence-electron chi connectivity index (χ1n) is 5.32. The molecule has 90 valence electrons. The van der Waals surface area contributed by atoms with Crippen LogP contribution in [-0.4, -0.2) is 26.7 Å². The normalized spacial score (nSPS) is 10.5. The van der Waals surface area contributed by atoms with Gasteiger partial charge >= 0.3 is 0 Å². The fourth-order valence-corrected chi connectivity index (χ4v) is 2.37. The van der Waals surface area contributed by atoms with E-state index in [0.717, 1.165) is 27.2 Å².